The number of hydrogen-bond acceptors (Lipinski definition) is 3. The topological polar surface area (TPSA) is 49.8 Å². The molecule has 0 aromatic heterocycles. The number of halogens is 1. The second-order valence-corrected chi connectivity index (χ2v) is 3.35. The summed E-state index contributed by atoms with van der Waals surface area (Å²) in [6, 6.07) is 0. The van der Waals surface area contributed by atoms with E-state index in [1.807, 2.05) is 0 Å². The average Bonchev–Trinajstić information content (AvgIpc) is 2.15. The average molecular weight is 224 g/mol. The highest BCUT2D eigenvalue weighted by atomic mass is 35.5. The van der Waals surface area contributed by atoms with E-state index in [1.54, 1.807) is 0 Å². The van der Waals surface area contributed by atoms with Crippen LogP contribution in [0.25, 0.3) is 0 Å². The molecule has 14 heavy (non-hydrogen) atoms. The lowest BCUT2D eigenvalue weighted by Crippen LogP contribution is -2.46. The molecule has 0 aromatic rings. The highest BCUT2D eigenvalue weighted by Crippen LogP contribution is 2.06. The van der Waals surface area contributed by atoms with Gasteiger partial charge in [-0.25, -0.2) is 4.79 Å². The first kappa shape index (κ1) is 13.7. The lowest BCUT2D eigenvalue weighted by atomic mass is 10.2. The third-order valence-corrected chi connectivity index (χ3v) is 2.25. The largest absolute Gasteiger partial charge is 0.479 e. The summed E-state index contributed by atoms with van der Waals surface area (Å²) in [5, 5.41) is 8.73. The predicted octanol–water partition coefficient (Wildman–Crippen LogP) is 0.994. The molecule has 0 bridgehead atoms. The van der Waals surface area contributed by atoms with Crippen LogP contribution in [0.15, 0.2) is 0 Å². The minimum absolute atomic E-state index is 0. The third kappa shape index (κ3) is 4.26. The molecule has 1 unspecified atom stereocenters. The van der Waals surface area contributed by atoms with E-state index in [4.69, 9.17) is 9.84 Å². The highest BCUT2D eigenvalue weighted by Gasteiger charge is 2.25. The van der Waals surface area contributed by atoms with Crippen molar-refractivity contribution in [1.29, 1.82) is 0 Å². The molecule has 0 amide bonds. The zero-order valence-corrected chi connectivity index (χ0v) is 9.26. The van der Waals surface area contributed by atoms with E-state index >= 15 is 0 Å². The van der Waals surface area contributed by atoms with Gasteiger partial charge in [-0.1, -0.05) is 13.3 Å². The van der Waals surface area contributed by atoms with E-state index in [2.05, 4.69) is 11.8 Å². The molecule has 0 aromatic carbocycles. The van der Waals surface area contributed by atoms with Crippen molar-refractivity contribution in [2.45, 2.75) is 25.9 Å². The van der Waals surface area contributed by atoms with Crippen molar-refractivity contribution < 1.29 is 14.6 Å². The van der Waals surface area contributed by atoms with Crippen molar-refractivity contribution in [2.75, 3.05) is 26.2 Å². The minimum Gasteiger partial charge on any atom is -0.479 e. The number of aliphatic carboxylic acids is 1. The Labute approximate surface area is 90.6 Å². The van der Waals surface area contributed by atoms with Crippen molar-refractivity contribution in [2.24, 2.45) is 0 Å². The molecule has 0 spiro atoms. The number of hydrogen-bond donors (Lipinski definition) is 1. The number of morpholine rings is 1. The summed E-state index contributed by atoms with van der Waals surface area (Å²) >= 11 is 0. The molecule has 1 saturated heterocycles. The Balaban J connectivity index is 0.00000169. The summed E-state index contributed by atoms with van der Waals surface area (Å²) < 4.78 is 5.11. The molecule has 0 aliphatic carbocycles. The van der Waals surface area contributed by atoms with Crippen LogP contribution in [0, 0.1) is 0 Å². The summed E-state index contributed by atoms with van der Waals surface area (Å²) in [6.07, 6.45) is 1.66. The van der Waals surface area contributed by atoms with Gasteiger partial charge in [0.25, 0.3) is 0 Å². The maximum Gasteiger partial charge on any atom is 0.334 e. The quantitative estimate of drug-likeness (QED) is 0.773. The van der Waals surface area contributed by atoms with E-state index in [9.17, 15) is 4.79 Å². The van der Waals surface area contributed by atoms with Crippen LogP contribution in [-0.4, -0.2) is 48.3 Å². The van der Waals surface area contributed by atoms with Crippen molar-refractivity contribution in [1.82, 2.24) is 4.90 Å². The summed E-state index contributed by atoms with van der Waals surface area (Å²) in [4.78, 5) is 12.8. The summed E-state index contributed by atoms with van der Waals surface area (Å²) in [5.41, 5.74) is 0. The monoisotopic (exact) mass is 223 g/mol. The zero-order valence-electron chi connectivity index (χ0n) is 8.44. The van der Waals surface area contributed by atoms with Gasteiger partial charge in [0.1, 0.15) is 0 Å². The van der Waals surface area contributed by atoms with Crippen molar-refractivity contribution in [3.63, 3.8) is 0 Å². The molecule has 1 rings (SSSR count). The lowest BCUT2D eigenvalue weighted by Gasteiger charge is -2.30. The van der Waals surface area contributed by atoms with Gasteiger partial charge in [-0.3, -0.25) is 4.90 Å². The predicted molar refractivity (Wildman–Crippen MR) is 56.0 cm³/mol. The molecular formula is C9H18ClNO3. The van der Waals surface area contributed by atoms with Gasteiger partial charge in [-0.2, -0.15) is 0 Å². The van der Waals surface area contributed by atoms with Crippen LogP contribution in [-0.2, 0) is 9.53 Å². The Bertz CT molecular complexity index is 177. The van der Waals surface area contributed by atoms with Gasteiger partial charge >= 0.3 is 5.97 Å². The number of unbranched alkanes of at least 4 members (excludes halogenated alkanes) is 1. The van der Waals surface area contributed by atoms with Crippen molar-refractivity contribution in [3.05, 3.63) is 0 Å². The molecule has 0 radical (unpaired) electrons. The molecule has 1 heterocycles. The Hall–Kier alpha value is -0.320. The molecule has 5 heteroatoms. The van der Waals surface area contributed by atoms with E-state index < -0.39 is 12.1 Å². The second kappa shape index (κ2) is 7.04. The molecule has 1 fully saturated rings. The lowest BCUT2D eigenvalue weighted by molar-refractivity contribution is -0.156. The van der Waals surface area contributed by atoms with Gasteiger partial charge in [0.05, 0.1) is 6.61 Å². The van der Waals surface area contributed by atoms with Gasteiger partial charge in [-0.05, 0) is 13.0 Å². The normalized spacial score (nSPS) is 22.8. The molecule has 4 nitrogen and oxygen atoms in total. The van der Waals surface area contributed by atoms with Crippen LogP contribution in [0.4, 0.5) is 0 Å². The van der Waals surface area contributed by atoms with Crippen LogP contribution in [0.3, 0.4) is 0 Å². The van der Waals surface area contributed by atoms with Gasteiger partial charge in [-0.15, -0.1) is 12.4 Å². The Kier molecular flexibility index (Phi) is 6.87. The zero-order chi connectivity index (χ0) is 9.68. The van der Waals surface area contributed by atoms with Crippen LogP contribution < -0.4 is 0 Å². The third-order valence-electron chi connectivity index (χ3n) is 2.25. The molecule has 1 atom stereocenters. The van der Waals surface area contributed by atoms with Crippen LogP contribution >= 0.6 is 12.4 Å². The molecule has 1 aliphatic rings. The van der Waals surface area contributed by atoms with E-state index in [-0.39, 0.29) is 12.4 Å². The van der Waals surface area contributed by atoms with Gasteiger partial charge in [0, 0.05) is 13.1 Å². The summed E-state index contributed by atoms with van der Waals surface area (Å²) in [7, 11) is 0. The van der Waals surface area contributed by atoms with Crippen LogP contribution in [0.1, 0.15) is 19.8 Å². The number of carbonyl (C=O) groups is 1. The van der Waals surface area contributed by atoms with Crippen LogP contribution in [0.5, 0.6) is 0 Å². The number of ether oxygens (including phenoxy) is 1. The van der Waals surface area contributed by atoms with Gasteiger partial charge in [0.15, 0.2) is 6.10 Å². The molecule has 1 aliphatic heterocycles. The number of carboxylic acid groups (broad SMARTS) is 1. The molecule has 1 N–H and O–H groups in total. The standard InChI is InChI=1S/C9H17NO3.ClH/c1-2-3-4-10-5-6-13-8(7-10)9(11)12;/h8H,2-7H2,1H3,(H,11,12);1H. The van der Waals surface area contributed by atoms with E-state index in [0.29, 0.717) is 13.2 Å². The Morgan fingerprint density at radius 2 is 2.36 bits per heavy atom. The Morgan fingerprint density at radius 3 is 2.93 bits per heavy atom. The van der Waals surface area contributed by atoms with Crippen molar-refractivity contribution in [3.8, 4) is 0 Å². The summed E-state index contributed by atoms with van der Waals surface area (Å²) in [5.74, 6) is -0.846. The fourth-order valence-corrected chi connectivity index (χ4v) is 1.44. The van der Waals surface area contributed by atoms with Crippen LogP contribution in [0.2, 0.25) is 0 Å². The highest BCUT2D eigenvalue weighted by molar-refractivity contribution is 5.85. The number of rotatable bonds is 4. The minimum atomic E-state index is -0.846. The maximum absolute atomic E-state index is 10.6. The van der Waals surface area contributed by atoms with Gasteiger partial charge < -0.3 is 9.84 Å². The Morgan fingerprint density at radius 1 is 1.64 bits per heavy atom. The first-order valence-corrected chi connectivity index (χ1v) is 4.80. The SMILES string of the molecule is CCCCN1CCOC(C(=O)O)C1.Cl. The fraction of sp³-hybridized carbons (Fsp3) is 0.889. The van der Waals surface area contributed by atoms with E-state index in [1.165, 1.54) is 0 Å². The molecule has 84 valence electrons. The smallest absolute Gasteiger partial charge is 0.334 e. The van der Waals surface area contributed by atoms with Gasteiger partial charge in [0.2, 0.25) is 0 Å². The summed E-state index contributed by atoms with van der Waals surface area (Å²) in [6.45, 7) is 5.07. The fourth-order valence-electron chi connectivity index (χ4n) is 1.44. The molecule has 0 saturated carbocycles. The second-order valence-electron chi connectivity index (χ2n) is 3.35. The first-order valence-electron chi connectivity index (χ1n) is 4.80. The van der Waals surface area contributed by atoms with E-state index in [0.717, 1.165) is 25.9 Å². The first-order chi connectivity index (χ1) is 6.24. The van der Waals surface area contributed by atoms with Crippen molar-refractivity contribution >= 4 is 18.4 Å². The molecular weight excluding hydrogens is 206 g/mol. The maximum atomic E-state index is 10.6. The number of carboxylic acids is 1. The number of nitrogens with zero attached hydrogens (tertiary/aromatic N) is 1.